The first-order valence-corrected chi connectivity index (χ1v) is 10.0. The molecule has 1 saturated heterocycles. The number of methoxy groups -OCH3 is 1. The Balaban J connectivity index is 1.45. The Morgan fingerprint density at radius 1 is 1.14 bits per heavy atom. The zero-order valence-corrected chi connectivity index (χ0v) is 16.9. The fourth-order valence-corrected chi connectivity index (χ4v) is 3.76. The summed E-state index contributed by atoms with van der Waals surface area (Å²) in [5, 5.41) is 3.05. The lowest BCUT2D eigenvalue weighted by molar-refractivity contribution is -0.120. The highest BCUT2D eigenvalue weighted by Gasteiger charge is 2.25. The molecule has 0 spiro atoms. The molecule has 0 saturated carbocycles. The third kappa shape index (κ3) is 5.81. The number of benzene rings is 2. The molecule has 1 atom stereocenters. The second kappa shape index (κ2) is 10.2. The van der Waals surface area contributed by atoms with Crippen LogP contribution in [-0.2, 0) is 11.2 Å². The van der Waals surface area contributed by atoms with Crippen molar-refractivity contribution in [2.75, 3.05) is 46.9 Å². The number of nitrogens with one attached hydrogen (secondary N) is 1. The van der Waals surface area contributed by atoms with E-state index in [0.29, 0.717) is 19.0 Å². The molecule has 1 N–H and O–H groups in total. The van der Waals surface area contributed by atoms with E-state index in [1.165, 1.54) is 5.56 Å². The summed E-state index contributed by atoms with van der Waals surface area (Å²) in [6, 6.07) is 18.8. The van der Waals surface area contributed by atoms with Gasteiger partial charge in [0.2, 0.25) is 5.91 Å². The molecule has 1 heterocycles. The quantitative estimate of drug-likeness (QED) is 0.714. The van der Waals surface area contributed by atoms with Gasteiger partial charge in [0.25, 0.3) is 0 Å². The summed E-state index contributed by atoms with van der Waals surface area (Å²) in [7, 11) is 3.83. The molecule has 5 heteroatoms. The maximum absolute atomic E-state index is 12.2. The van der Waals surface area contributed by atoms with E-state index in [1.54, 1.807) is 7.11 Å². The van der Waals surface area contributed by atoms with E-state index in [9.17, 15) is 4.79 Å². The first-order valence-electron chi connectivity index (χ1n) is 10.0. The maximum Gasteiger partial charge on any atom is 0.224 e. The molecule has 0 radical (unpaired) electrons. The third-order valence-corrected chi connectivity index (χ3v) is 5.32. The summed E-state index contributed by atoms with van der Waals surface area (Å²) in [5.74, 6) is 0.846. The van der Waals surface area contributed by atoms with Crippen LogP contribution in [0.4, 0.5) is 0 Å². The monoisotopic (exact) mass is 381 g/mol. The summed E-state index contributed by atoms with van der Waals surface area (Å²) in [6.07, 6.45) is 1.34. The van der Waals surface area contributed by atoms with Crippen LogP contribution >= 0.6 is 0 Å². The van der Waals surface area contributed by atoms with Gasteiger partial charge in [0.15, 0.2) is 0 Å². The number of carbonyl (C=O) groups is 1. The Morgan fingerprint density at radius 2 is 1.96 bits per heavy atom. The zero-order chi connectivity index (χ0) is 19.8. The zero-order valence-electron chi connectivity index (χ0n) is 16.9. The Hall–Kier alpha value is -2.37. The number of ether oxygens (including phenoxy) is 1. The van der Waals surface area contributed by atoms with Crippen LogP contribution < -0.4 is 10.1 Å². The summed E-state index contributed by atoms with van der Waals surface area (Å²) in [5.41, 5.74) is 2.34. The highest BCUT2D eigenvalue weighted by molar-refractivity contribution is 5.78. The first kappa shape index (κ1) is 20.4. The summed E-state index contributed by atoms with van der Waals surface area (Å²) in [6.45, 7) is 4.90. The molecule has 0 unspecified atom stereocenters. The number of rotatable bonds is 8. The van der Waals surface area contributed by atoms with Crippen LogP contribution in [0.1, 0.15) is 23.6 Å². The average Bonchev–Trinajstić information content (AvgIpc) is 2.73. The van der Waals surface area contributed by atoms with Crippen molar-refractivity contribution < 1.29 is 9.53 Å². The SMILES string of the molecule is COc1cccc(CC(=O)NCCCN2CCN(C)C[C@H]2c2ccccc2)c1. The summed E-state index contributed by atoms with van der Waals surface area (Å²) >= 11 is 0. The predicted octanol–water partition coefficient (Wildman–Crippen LogP) is 2.73. The minimum absolute atomic E-state index is 0.0613. The molecule has 28 heavy (non-hydrogen) atoms. The molecule has 0 aliphatic carbocycles. The topological polar surface area (TPSA) is 44.8 Å². The molecule has 2 aromatic carbocycles. The van der Waals surface area contributed by atoms with E-state index in [2.05, 4.69) is 52.5 Å². The van der Waals surface area contributed by atoms with Gasteiger partial charge in [-0.05, 0) is 36.7 Å². The highest BCUT2D eigenvalue weighted by atomic mass is 16.5. The Kier molecular flexibility index (Phi) is 7.46. The first-order chi connectivity index (χ1) is 13.7. The molecular weight excluding hydrogens is 350 g/mol. The molecule has 3 rings (SSSR count). The van der Waals surface area contributed by atoms with Crippen molar-refractivity contribution in [3.05, 3.63) is 65.7 Å². The van der Waals surface area contributed by atoms with Crippen LogP contribution in [0.15, 0.2) is 54.6 Å². The molecule has 0 bridgehead atoms. The molecule has 0 aromatic heterocycles. The van der Waals surface area contributed by atoms with E-state index >= 15 is 0 Å². The van der Waals surface area contributed by atoms with Crippen LogP contribution in [0.2, 0.25) is 0 Å². The second-order valence-electron chi connectivity index (χ2n) is 7.46. The Bertz CT molecular complexity index is 751. The number of amides is 1. The van der Waals surface area contributed by atoms with E-state index in [4.69, 9.17) is 4.74 Å². The van der Waals surface area contributed by atoms with Crippen molar-refractivity contribution >= 4 is 5.91 Å². The minimum Gasteiger partial charge on any atom is -0.497 e. The predicted molar refractivity (Wildman–Crippen MR) is 113 cm³/mol. The molecule has 1 aliphatic heterocycles. The third-order valence-electron chi connectivity index (χ3n) is 5.32. The van der Waals surface area contributed by atoms with Crippen molar-refractivity contribution in [1.29, 1.82) is 0 Å². The molecular formula is C23H31N3O2. The van der Waals surface area contributed by atoms with Gasteiger partial charge in [0.1, 0.15) is 5.75 Å². The van der Waals surface area contributed by atoms with Gasteiger partial charge in [-0.1, -0.05) is 42.5 Å². The van der Waals surface area contributed by atoms with Gasteiger partial charge in [-0.3, -0.25) is 9.69 Å². The number of carbonyl (C=O) groups excluding carboxylic acids is 1. The molecule has 1 aliphatic rings. The largest absolute Gasteiger partial charge is 0.497 e. The average molecular weight is 382 g/mol. The van der Waals surface area contributed by atoms with Gasteiger partial charge in [-0.25, -0.2) is 0 Å². The van der Waals surface area contributed by atoms with Crippen molar-refractivity contribution in [2.24, 2.45) is 0 Å². The number of hydrogen-bond donors (Lipinski definition) is 1. The lowest BCUT2D eigenvalue weighted by Gasteiger charge is -2.40. The summed E-state index contributed by atoms with van der Waals surface area (Å²) in [4.78, 5) is 17.2. The number of hydrogen-bond acceptors (Lipinski definition) is 4. The highest BCUT2D eigenvalue weighted by Crippen LogP contribution is 2.24. The fraction of sp³-hybridized carbons (Fsp3) is 0.435. The van der Waals surface area contributed by atoms with Crippen molar-refractivity contribution in [1.82, 2.24) is 15.1 Å². The normalized spacial score (nSPS) is 18.0. The number of nitrogens with zero attached hydrogens (tertiary/aromatic N) is 2. The second-order valence-corrected chi connectivity index (χ2v) is 7.46. The van der Waals surface area contributed by atoms with Gasteiger partial charge in [-0.2, -0.15) is 0 Å². The molecule has 5 nitrogen and oxygen atoms in total. The Morgan fingerprint density at radius 3 is 2.75 bits per heavy atom. The van der Waals surface area contributed by atoms with Crippen molar-refractivity contribution in [3.8, 4) is 5.75 Å². The fourth-order valence-electron chi connectivity index (χ4n) is 3.76. The lowest BCUT2D eigenvalue weighted by atomic mass is 10.0. The van der Waals surface area contributed by atoms with Gasteiger partial charge in [0, 0.05) is 38.8 Å². The molecule has 2 aromatic rings. The van der Waals surface area contributed by atoms with E-state index in [1.807, 2.05) is 24.3 Å². The minimum atomic E-state index is 0.0613. The standard InChI is InChI=1S/C23H31N3O2/c1-25-14-15-26(22(18-25)20-9-4-3-5-10-20)13-7-12-24-23(27)17-19-8-6-11-21(16-19)28-2/h3-6,8-11,16,22H,7,12-15,17-18H2,1-2H3,(H,24,27)/t22-/m0/s1. The van der Waals surface area contributed by atoms with Gasteiger partial charge in [-0.15, -0.1) is 0 Å². The Labute approximate surface area is 168 Å². The number of piperazine rings is 1. The molecule has 150 valence electrons. The van der Waals surface area contributed by atoms with Crippen LogP contribution in [0.3, 0.4) is 0 Å². The maximum atomic E-state index is 12.2. The van der Waals surface area contributed by atoms with Crippen LogP contribution in [0.25, 0.3) is 0 Å². The van der Waals surface area contributed by atoms with Crippen LogP contribution in [0, 0.1) is 0 Å². The summed E-state index contributed by atoms with van der Waals surface area (Å²) < 4.78 is 5.22. The smallest absolute Gasteiger partial charge is 0.224 e. The van der Waals surface area contributed by atoms with Gasteiger partial charge >= 0.3 is 0 Å². The van der Waals surface area contributed by atoms with E-state index in [-0.39, 0.29) is 5.91 Å². The van der Waals surface area contributed by atoms with E-state index < -0.39 is 0 Å². The van der Waals surface area contributed by atoms with Crippen molar-refractivity contribution in [2.45, 2.75) is 18.9 Å². The van der Waals surface area contributed by atoms with Crippen LogP contribution in [0.5, 0.6) is 5.75 Å². The lowest BCUT2D eigenvalue weighted by Crippen LogP contribution is -2.47. The van der Waals surface area contributed by atoms with Crippen LogP contribution in [-0.4, -0.2) is 62.6 Å². The van der Waals surface area contributed by atoms with Gasteiger partial charge in [0.05, 0.1) is 13.5 Å². The molecule has 1 amide bonds. The van der Waals surface area contributed by atoms with Crippen molar-refractivity contribution in [3.63, 3.8) is 0 Å². The van der Waals surface area contributed by atoms with Gasteiger partial charge < -0.3 is 15.0 Å². The number of likely N-dealkylation sites (N-methyl/N-ethyl adjacent to an activating group) is 1. The van der Waals surface area contributed by atoms with E-state index in [0.717, 1.165) is 43.9 Å². The molecule has 1 fully saturated rings.